The Morgan fingerprint density at radius 3 is 2.41 bits per heavy atom. The smallest absolute Gasteiger partial charge is 0.122 e. The van der Waals surface area contributed by atoms with E-state index in [0.29, 0.717) is 6.04 Å². The van der Waals surface area contributed by atoms with Gasteiger partial charge in [-0.25, -0.2) is 0 Å². The summed E-state index contributed by atoms with van der Waals surface area (Å²) in [6.45, 7) is 11.9. The molecule has 0 aliphatic heterocycles. The van der Waals surface area contributed by atoms with Gasteiger partial charge in [0.1, 0.15) is 5.75 Å². The highest BCUT2D eigenvalue weighted by Gasteiger charge is 2.16. The van der Waals surface area contributed by atoms with Crippen LogP contribution in [-0.2, 0) is 11.8 Å². The maximum absolute atomic E-state index is 6.13. The zero-order valence-electron chi connectivity index (χ0n) is 15.2. The topological polar surface area (TPSA) is 35.2 Å². The Balaban J connectivity index is 2.78. The molecule has 1 atom stereocenters. The molecule has 0 aliphatic rings. The van der Waals surface area contributed by atoms with Gasteiger partial charge >= 0.3 is 0 Å². The molecule has 0 fully saturated rings. The molecule has 0 saturated heterocycles. The van der Waals surface area contributed by atoms with Crippen molar-refractivity contribution in [1.29, 1.82) is 0 Å². The summed E-state index contributed by atoms with van der Waals surface area (Å²) in [6, 6.07) is 7.03. The third-order valence-corrected chi connectivity index (χ3v) is 4.07. The van der Waals surface area contributed by atoms with Gasteiger partial charge in [-0.15, -0.1) is 0 Å². The Morgan fingerprint density at radius 2 is 1.82 bits per heavy atom. The molecule has 1 rings (SSSR count). The summed E-state index contributed by atoms with van der Waals surface area (Å²) in [4.78, 5) is 0. The average molecular weight is 306 g/mol. The molecule has 0 radical (unpaired) electrons. The molecule has 0 amide bonds. The summed E-state index contributed by atoms with van der Waals surface area (Å²) in [5.74, 6) is 1.05. The van der Waals surface area contributed by atoms with Crippen LogP contribution in [0.3, 0.4) is 0 Å². The Hall–Kier alpha value is -1.02. The first kappa shape index (κ1) is 19.0. The predicted octanol–water partition coefficient (Wildman–Crippen LogP) is 5.22. The van der Waals surface area contributed by atoms with Gasteiger partial charge in [0, 0.05) is 6.04 Å². The molecule has 0 saturated carbocycles. The Labute approximate surface area is 137 Å². The zero-order valence-corrected chi connectivity index (χ0v) is 15.2. The maximum atomic E-state index is 6.13. The van der Waals surface area contributed by atoms with Crippen LogP contribution in [0.25, 0.3) is 0 Å². The van der Waals surface area contributed by atoms with E-state index in [1.54, 1.807) is 0 Å². The molecule has 0 bridgehead atoms. The van der Waals surface area contributed by atoms with Gasteiger partial charge in [-0.2, -0.15) is 0 Å². The molecule has 2 heteroatoms. The summed E-state index contributed by atoms with van der Waals surface area (Å²) >= 11 is 0. The molecule has 1 unspecified atom stereocenters. The summed E-state index contributed by atoms with van der Waals surface area (Å²) in [5, 5.41) is 0. The van der Waals surface area contributed by atoms with Crippen molar-refractivity contribution < 1.29 is 4.74 Å². The van der Waals surface area contributed by atoms with Gasteiger partial charge in [0.15, 0.2) is 0 Å². The summed E-state index contributed by atoms with van der Waals surface area (Å²) in [5.41, 5.74) is 9.03. The van der Waals surface area contributed by atoms with Crippen LogP contribution in [0.15, 0.2) is 18.2 Å². The minimum Gasteiger partial charge on any atom is -0.493 e. The van der Waals surface area contributed by atoms with Crippen molar-refractivity contribution in [1.82, 2.24) is 0 Å². The lowest BCUT2D eigenvalue weighted by molar-refractivity contribution is 0.313. The van der Waals surface area contributed by atoms with Gasteiger partial charge in [-0.3, -0.25) is 0 Å². The van der Waals surface area contributed by atoms with E-state index in [9.17, 15) is 0 Å². The molecular formula is C20H35NO. The highest BCUT2D eigenvalue weighted by atomic mass is 16.5. The van der Waals surface area contributed by atoms with Gasteiger partial charge in [-0.05, 0) is 54.7 Å². The second kappa shape index (κ2) is 9.19. The molecule has 2 N–H and O–H groups in total. The molecule has 1 aromatic rings. The molecule has 126 valence electrons. The summed E-state index contributed by atoms with van der Waals surface area (Å²) < 4.78 is 5.93. The second-order valence-corrected chi connectivity index (χ2v) is 7.36. The van der Waals surface area contributed by atoms with E-state index >= 15 is 0 Å². The van der Waals surface area contributed by atoms with Gasteiger partial charge in [0.05, 0.1) is 6.61 Å². The minimum absolute atomic E-state index is 0.177. The van der Waals surface area contributed by atoms with Crippen LogP contribution >= 0.6 is 0 Å². The van der Waals surface area contributed by atoms with E-state index in [1.807, 2.05) is 0 Å². The zero-order chi connectivity index (χ0) is 16.6. The van der Waals surface area contributed by atoms with E-state index in [4.69, 9.17) is 10.5 Å². The van der Waals surface area contributed by atoms with Crippen LogP contribution in [0, 0.1) is 0 Å². The Bertz CT molecular complexity index is 434. The first-order valence-corrected chi connectivity index (χ1v) is 8.90. The second-order valence-electron chi connectivity index (χ2n) is 7.36. The third kappa shape index (κ3) is 6.39. The molecule has 0 aromatic heterocycles. The van der Waals surface area contributed by atoms with Crippen molar-refractivity contribution in [3.63, 3.8) is 0 Å². The third-order valence-electron chi connectivity index (χ3n) is 4.07. The van der Waals surface area contributed by atoms with E-state index < -0.39 is 0 Å². The van der Waals surface area contributed by atoms with Crippen LogP contribution in [0.4, 0.5) is 0 Å². The van der Waals surface area contributed by atoms with Gasteiger partial charge < -0.3 is 10.5 Å². The van der Waals surface area contributed by atoms with Crippen LogP contribution in [0.1, 0.15) is 77.8 Å². The fraction of sp³-hybridized carbons (Fsp3) is 0.700. The largest absolute Gasteiger partial charge is 0.493 e. The van der Waals surface area contributed by atoms with E-state index in [2.05, 4.69) is 52.8 Å². The normalized spacial score (nSPS) is 13.2. The summed E-state index contributed by atoms with van der Waals surface area (Å²) in [7, 11) is 0. The average Bonchev–Trinajstić information content (AvgIpc) is 2.45. The van der Waals surface area contributed by atoms with Crippen molar-refractivity contribution in [2.45, 2.75) is 84.6 Å². The molecule has 2 nitrogen and oxygen atoms in total. The van der Waals surface area contributed by atoms with Crippen molar-refractivity contribution in [3.05, 3.63) is 29.3 Å². The van der Waals surface area contributed by atoms with Crippen LogP contribution < -0.4 is 10.5 Å². The van der Waals surface area contributed by atoms with Crippen LogP contribution in [0.2, 0.25) is 0 Å². The number of aryl methyl sites for hydroxylation is 1. The van der Waals surface area contributed by atoms with E-state index in [0.717, 1.165) is 44.5 Å². The fourth-order valence-electron chi connectivity index (χ4n) is 2.66. The highest BCUT2D eigenvalue weighted by Crippen LogP contribution is 2.29. The lowest BCUT2D eigenvalue weighted by Crippen LogP contribution is -2.19. The number of hydrogen-bond acceptors (Lipinski definition) is 2. The van der Waals surface area contributed by atoms with Gasteiger partial charge in [0.25, 0.3) is 0 Å². The standard InChI is InChI=1S/C20H35NO/c1-6-9-18(21)11-8-10-16-15-17(20(3,4)5)12-13-19(16)22-14-7-2/h12-13,15,18H,6-11,14,21H2,1-5H3. The molecule has 0 heterocycles. The molecule has 0 spiro atoms. The molecule has 0 aliphatic carbocycles. The number of ether oxygens (including phenoxy) is 1. The number of nitrogens with two attached hydrogens (primary N) is 1. The van der Waals surface area contributed by atoms with Crippen molar-refractivity contribution >= 4 is 0 Å². The van der Waals surface area contributed by atoms with Crippen molar-refractivity contribution in [3.8, 4) is 5.75 Å². The molecule has 1 aromatic carbocycles. The van der Waals surface area contributed by atoms with E-state index in [1.165, 1.54) is 17.5 Å². The monoisotopic (exact) mass is 305 g/mol. The van der Waals surface area contributed by atoms with E-state index in [-0.39, 0.29) is 5.41 Å². The minimum atomic E-state index is 0.177. The van der Waals surface area contributed by atoms with Crippen molar-refractivity contribution in [2.24, 2.45) is 5.73 Å². The quantitative estimate of drug-likeness (QED) is 0.678. The molecular weight excluding hydrogens is 270 g/mol. The predicted molar refractivity (Wildman–Crippen MR) is 96.7 cm³/mol. The van der Waals surface area contributed by atoms with Gasteiger partial charge in [0.2, 0.25) is 0 Å². The maximum Gasteiger partial charge on any atom is 0.122 e. The first-order chi connectivity index (χ1) is 10.4. The SMILES string of the molecule is CCCOc1ccc(C(C)(C)C)cc1CCCC(N)CCC. The lowest BCUT2D eigenvalue weighted by atomic mass is 9.85. The van der Waals surface area contributed by atoms with Crippen LogP contribution in [0.5, 0.6) is 5.75 Å². The van der Waals surface area contributed by atoms with Gasteiger partial charge in [-0.1, -0.05) is 53.2 Å². The van der Waals surface area contributed by atoms with Crippen LogP contribution in [-0.4, -0.2) is 12.6 Å². The number of rotatable bonds is 9. The Morgan fingerprint density at radius 1 is 1.09 bits per heavy atom. The number of benzene rings is 1. The molecule has 22 heavy (non-hydrogen) atoms. The first-order valence-electron chi connectivity index (χ1n) is 8.90. The highest BCUT2D eigenvalue weighted by molar-refractivity contribution is 5.39. The lowest BCUT2D eigenvalue weighted by Gasteiger charge is -2.22. The van der Waals surface area contributed by atoms with Crippen molar-refractivity contribution in [2.75, 3.05) is 6.61 Å². The fourth-order valence-corrected chi connectivity index (χ4v) is 2.66. The number of hydrogen-bond donors (Lipinski definition) is 1. The summed E-state index contributed by atoms with van der Waals surface area (Å²) in [6.07, 6.45) is 6.63. The Kier molecular flexibility index (Phi) is 7.95.